The van der Waals surface area contributed by atoms with E-state index in [9.17, 15) is 0 Å². The van der Waals surface area contributed by atoms with E-state index in [-0.39, 0.29) is 0 Å². The summed E-state index contributed by atoms with van der Waals surface area (Å²) in [6.45, 7) is 5.67. The van der Waals surface area contributed by atoms with Crippen molar-refractivity contribution in [1.29, 1.82) is 0 Å². The SMILES string of the molecule is CCOc1ccc(CNC(C)CSC)cc1OC. The molecule has 1 atom stereocenters. The summed E-state index contributed by atoms with van der Waals surface area (Å²) in [5.41, 5.74) is 1.21. The Balaban J connectivity index is 2.61. The van der Waals surface area contributed by atoms with Gasteiger partial charge in [0.1, 0.15) is 0 Å². The van der Waals surface area contributed by atoms with Gasteiger partial charge < -0.3 is 14.8 Å². The predicted molar refractivity (Wildman–Crippen MR) is 78.8 cm³/mol. The lowest BCUT2D eigenvalue weighted by molar-refractivity contribution is 0.310. The first-order chi connectivity index (χ1) is 8.71. The maximum absolute atomic E-state index is 5.50. The minimum atomic E-state index is 0.512. The van der Waals surface area contributed by atoms with Gasteiger partial charge in [-0.05, 0) is 37.8 Å². The number of rotatable bonds is 8. The molecule has 0 radical (unpaired) electrons. The van der Waals surface area contributed by atoms with E-state index in [2.05, 4.69) is 24.6 Å². The molecule has 0 spiro atoms. The molecule has 0 bridgehead atoms. The number of methoxy groups -OCH3 is 1. The standard InChI is InChI=1S/C14H23NO2S/c1-5-17-13-7-6-12(8-14(13)16-3)9-15-11(2)10-18-4/h6-8,11,15H,5,9-10H2,1-4H3. The molecule has 0 saturated carbocycles. The van der Waals surface area contributed by atoms with E-state index in [0.717, 1.165) is 23.8 Å². The summed E-state index contributed by atoms with van der Waals surface area (Å²) in [5.74, 6) is 2.73. The zero-order valence-corrected chi connectivity index (χ0v) is 12.5. The third kappa shape index (κ3) is 4.78. The van der Waals surface area contributed by atoms with Crippen LogP contribution in [0.5, 0.6) is 11.5 Å². The number of ether oxygens (including phenoxy) is 2. The Morgan fingerprint density at radius 3 is 2.72 bits per heavy atom. The average Bonchev–Trinajstić information content (AvgIpc) is 2.38. The van der Waals surface area contributed by atoms with Crippen LogP contribution in [0.3, 0.4) is 0 Å². The zero-order valence-electron chi connectivity index (χ0n) is 11.7. The first-order valence-electron chi connectivity index (χ1n) is 6.23. The van der Waals surface area contributed by atoms with E-state index in [1.807, 2.05) is 30.8 Å². The first-order valence-corrected chi connectivity index (χ1v) is 7.62. The van der Waals surface area contributed by atoms with Crippen LogP contribution in [0.1, 0.15) is 19.4 Å². The fourth-order valence-corrected chi connectivity index (χ4v) is 2.32. The molecule has 0 saturated heterocycles. The van der Waals surface area contributed by atoms with Gasteiger partial charge in [-0.3, -0.25) is 0 Å². The van der Waals surface area contributed by atoms with Gasteiger partial charge >= 0.3 is 0 Å². The molecular weight excluding hydrogens is 246 g/mol. The predicted octanol–water partition coefficient (Wildman–Crippen LogP) is 2.94. The van der Waals surface area contributed by atoms with Crippen LogP contribution < -0.4 is 14.8 Å². The van der Waals surface area contributed by atoms with Gasteiger partial charge in [-0.1, -0.05) is 6.07 Å². The van der Waals surface area contributed by atoms with Crippen molar-refractivity contribution in [3.8, 4) is 11.5 Å². The molecule has 0 aliphatic rings. The molecule has 4 heteroatoms. The van der Waals surface area contributed by atoms with E-state index in [1.54, 1.807) is 7.11 Å². The number of hydrogen-bond acceptors (Lipinski definition) is 4. The molecule has 18 heavy (non-hydrogen) atoms. The van der Waals surface area contributed by atoms with Gasteiger partial charge in [0, 0.05) is 18.3 Å². The molecule has 1 N–H and O–H groups in total. The van der Waals surface area contributed by atoms with Crippen molar-refractivity contribution in [2.45, 2.75) is 26.4 Å². The van der Waals surface area contributed by atoms with Crippen molar-refractivity contribution in [2.24, 2.45) is 0 Å². The monoisotopic (exact) mass is 269 g/mol. The number of hydrogen-bond donors (Lipinski definition) is 1. The number of nitrogens with one attached hydrogen (secondary N) is 1. The smallest absolute Gasteiger partial charge is 0.161 e. The molecular formula is C14H23NO2S. The molecule has 1 rings (SSSR count). The van der Waals surface area contributed by atoms with Gasteiger partial charge in [0.05, 0.1) is 13.7 Å². The highest BCUT2D eigenvalue weighted by atomic mass is 32.2. The molecule has 3 nitrogen and oxygen atoms in total. The van der Waals surface area contributed by atoms with Crippen LogP contribution in [0, 0.1) is 0 Å². The van der Waals surface area contributed by atoms with E-state index < -0.39 is 0 Å². The highest BCUT2D eigenvalue weighted by molar-refractivity contribution is 7.98. The Labute approximate surface area is 114 Å². The van der Waals surface area contributed by atoms with E-state index >= 15 is 0 Å². The normalized spacial score (nSPS) is 12.2. The molecule has 0 aliphatic carbocycles. The van der Waals surface area contributed by atoms with Crippen LogP contribution in [0.25, 0.3) is 0 Å². The summed E-state index contributed by atoms with van der Waals surface area (Å²) < 4.78 is 10.8. The summed E-state index contributed by atoms with van der Waals surface area (Å²) in [5, 5.41) is 3.49. The lowest BCUT2D eigenvalue weighted by Gasteiger charge is -2.14. The molecule has 1 unspecified atom stereocenters. The topological polar surface area (TPSA) is 30.5 Å². The maximum Gasteiger partial charge on any atom is 0.161 e. The second-order valence-electron chi connectivity index (χ2n) is 4.16. The molecule has 0 heterocycles. The Kier molecular flexibility index (Phi) is 6.98. The van der Waals surface area contributed by atoms with Gasteiger partial charge in [-0.2, -0.15) is 11.8 Å². The van der Waals surface area contributed by atoms with E-state index in [0.29, 0.717) is 12.6 Å². The summed E-state index contributed by atoms with van der Waals surface area (Å²) in [7, 11) is 1.67. The molecule has 1 aromatic rings. The minimum Gasteiger partial charge on any atom is -0.493 e. The van der Waals surface area contributed by atoms with Crippen molar-refractivity contribution in [2.75, 3.05) is 25.7 Å². The average molecular weight is 269 g/mol. The van der Waals surface area contributed by atoms with Crippen LogP contribution in [0.15, 0.2) is 18.2 Å². The lowest BCUT2D eigenvalue weighted by atomic mass is 10.2. The Morgan fingerprint density at radius 2 is 2.11 bits per heavy atom. The Bertz CT molecular complexity index is 358. The molecule has 0 aliphatic heterocycles. The van der Waals surface area contributed by atoms with Gasteiger partial charge in [0.15, 0.2) is 11.5 Å². The lowest BCUT2D eigenvalue weighted by Crippen LogP contribution is -2.27. The maximum atomic E-state index is 5.50. The van der Waals surface area contributed by atoms with Crippen LogP contribution in [0.2, 0.25) is 0 Å². The van der Waals surface area contributed by atoms with Gasteiger partial charge in [0.2, 0.25) is 0 Å². The van der Waals surface area contributed by atoms with E-state index in [4.69, 9.17) is 9.47 Å². The highest BCUT2D eigenvalue weighted by Gasteiger charge is 2.06. The molecule has 0 aromatic heterocycles. The Hall–Kier alpha value is -0.870. The van der Waals surface area contributed by atoms with Crippen molar-refractivity contribution < 1.29 is 9.47 Å². The molecule has 102 valence electrons. The summed E-state index contributed by atoms with van der Waals surface area (Å²) in [4.78, 5) is 0. The number of thioether (sulfide) groups is 1. The zero-order chi connectivity index (χ0) is 13.4. The van der Waals surface area contributed by atoms with Crippen molar-refractivity contribution in [3.63, 3.8) is 0 Å². The van der Waals surface area contributed by atoms with Crippen LogP contribution in [-0.4, -0.2) is 31.8 Å². The van der Waals surface area contributed by atoms with Crippen LogP contribution >= 0.6 is 11.8 Å². The summed E-state index contributed by atoms with van der Waals surface area (Å²) in [6, 6.07) is 6.59. The summed E-state index contributed by atoms with van der Waals surface area (Å²) in [6.07, 6.45) is 2.12. The van der Waals surface area contributed by atoms with Crippen molar-refractivity contribution >= 4 is 11.8 Å². The molecule has 0 fully saturated rings. The third-order valence-electron chi connectivity index (χ3n) is 2.60. The second-order valence-corrected chi connectivity index (χ2v) is 5.07. The minimum absolute atomic E-state index is 0.512. The summed E-state index contributed by atoms with van der Waals surface area (Å²) >= 11 is 1.85. The second kappa shape index (κ2) is 8.27. The quantitative estimate of drug-likeness (QED) is 0.786. The van der Waals surface area contributed by atoms with Gasteiger partial charge in [0.25, 0.3) is 0 Å². The fourth-order valence-electron chi connectivity index (χ4n) is 1.70. The van der Waals surface area contributed by atoms with Crippen LogP contribution in [0.4, 0.5) is 0 Å². The Morgan fingerprint density at radius 1 is 1.33 bits per heavy atom. The molecule has 1 aromatic carbocycles. The van der Waals surface area contributed by atoms with Crippen LogP contribution in [-0.2, 0) is 6.54 Å². The molecule has 0 amide bonds. The van der Waals surface area contributed by atoms with Crippen molar-refractivity contribution in [1.82, 2.24) is 5.32 Å². The van der Waals surface area contributed by atoms with E-state index in [1.165, 1.54) is 5.56 Å². The van der Waals surface area contributed by atoms with Gasteiger partial charge in [-0.15, -0.1) is 0 Å². The highest BCUT2D eigenvalue weighted by Crippen LogP contribution is 2.27. The fraction of sp³-hybridized carbons (Fsp3) is 0.571. The first kappa shape index (κ1) is 15.2. The van der Waals surface area contributed by atoms with Crippen molar-refractivity contribution in [3.05, 3.63) is 23.8 Å². The number of benzene rings is 1. The largest absolute Gasteiger partial charge is 0.493 e. The van der Waals surface area contributed by atoms with Gasteiger partial charge in [-0.25, -0.2) is 0 Å². The third-order valence-corrected chi connectivity index (χ3v) is 3.43.